The van der Waals surface area contributed by atoms with Gasteiger partial charge < -0.3 is 16.4 Å². The number of amides is 2. The van der Waals surface area contributed by atoms with Gasteiger partial charge in [-0.05, 0) is 43.4 Å². The number of nitrogens with one attached hydrogen (secondary N) is 1. The number of primary amides is 1. The number of sulfone groups is 1. The van der Waals surface area contributed by atoms with Crippen molar-refractivity contribution in [2.75, 3.05) is 18.5 Å². The zero-order chi connectivity index (χ0) is 29.2. The molecule has 3 aromatic heterocycles. The van der Waals surface area contributed by atoms with Gasteiger partial charge in [0.05, 0.1) is 17.5 Å². The Hall–Kier alpha value is -4.40. The van der Waals surface area contributed by atoms with E-state index >= 15 is 0 Å². The Morgan fingerprint density at radius 1 is 1.25 bits per heavy atom. The molecule has 4 aromatic rings. The molecule has 0 aliphatic rings. The number of hydrogen-bond donors (Lipinski definition) is 3. The number of halogens is 1. The summed E-state index contributed by atoms with van der Waals surface area (Å²) in [5.74, 6) is -2.05. The molecule has 1 aromatic carbocycles. The average molecular weight is 572 g/mol. The molecule has 0 aliphatic heterocycles. The van der Waals surface area contributed by atoms with Crippen LogP contribution in [0.15, 0.2) is 35.6 Å². The van der Waals surface area contributed by atoms with E-state index in [1.165, 1.54) is 29.2 Å². The number of rotatable bonds is 11. The third kappa shape index (κ3) is 5.50. The molecule has 15 heteroatoms. The largest absolute Gasteiger partial charge is 0.382 e. The van der Waals surface area contributed by atoms with Crippen LogP contribution >= 0.6 is 0 Å². The van der Waals surface area contributed by atoms with Crippen molar-refractivity contribution >= 4 is 33.1 Å². The molecular formula is C25H30FN9O4S. The first-order chi connectivity index (χ1) is 19.0. The fourth-order valence-electron chi connectivity index (χ4n) is 4.73. The molecule has 0 aliphatic carbocycles. The number of aryl methyl sites for hydroxylation is 1. The van der Waals surface area contributed by atoms with E-state index in [4.69, 9.17) is 11.5 Å². The lowest BCUT2D eigenvalue weighted by Crippen LogP contribution is -2.41. The lowest BCUT2D eigenvalue weighted by atomic mass is 10.0. The molecular weight excluding hydrogens is 541 g/mol. The summed E-state index contributed by atoms with van der Waals surface area (Å²) in [5.41, 5.74) is 12.4. The van der Waals surface area contributed by atoms with Crippen molar-refractivity contribution in [3.8, 4) is 11.1 Å². The van der Waals surface area contributed by atoms with Gasteiger partial charge in [0.15, 0.2) is 15.5 Å². The summed E-state index contributed by atoms with van der Waals surface area (Å²) in [6.45, 7) is 4.35. The van der Waals surface area contributed by atoms with Crippen LogP contribution in [0.2, 0.25) is 0 Å². The summed E-state index contributed by atoms with van der Waals surface area (Å²) in [6, 6.07) is 3.62. The molecule has 5 N–H and O–H groups in total. The number of hydrogen-bond acceptors (Lipinski definition) is 9. The highest BCUT2D eigenvalue weighted by atomic mass is 32.2. The fraction of sp³-hybridized carbons (Fsp3) is 0.360. The van der Waals surface area contributed by atoms with Gasteiger partial charge in [-0.25, -0.2) is 22.8 Å². The lowest BCUT2D eigenvalue weighted by Gasteiger charge is -2.30. The molecule has 1 atom stereocenters. The van der Waals surface area contributed by atoms with Crippen LogP contribution in [-0.4, -0.2) is 73.8 Å². The van der Waals surface area contributed by atoms with Crippen LogP contribution in [0.3, 0.4) is 0 Å². The third-order valence-corrected chi connectivity index (χ3v) is 7.78. The number of nitrogens with two attached hydrogens (primary N) is 2. The van der Waals surface area contributed by atoms with Gasteiger partial charge in [0.2, 0.25) is 5.82 Å². The number of fused-ring (bicyclic) bond motifs is 1. The second-order valence-corrected chi connectivity index (χ2v) is 11.3. The molecule has 40 heavy (non-hydrogen) atoms. The van der Waals surface area contributed by atoms with Crippen LogP contribution in [0.25, 0.3) is 16.8 Å². The van der Waals surface area contributed by atoms with Gasteiger partial charge >= 0.3 is 0 Å². The first-order valence-electron chi connectivity index (χ1n) is 12.6. The van der Waals surface area contributed by atoms with Crippen LogP contribution in [0.1, 0.15) is 59.8 Å². The molecule has 0 saturated carbocycles. The topological polar surface area (TPSA) is 195 Å². The molecule has 212 valence electrons. The average Bonchev–Trinajstić information content (AvgIpc) is 3.57. The van der Waals surface area contributed by atoms with E-state index in [-0.39, 0.29) is 51.8 Å². The first-order valence-corrected chi connectivity index (χ1v) is 14.5. The Morgan fingerprint density at radius 2 is 2.00 bits per heavy atom. The summed E-state index contributed by atoms with van der Waals surface area (Å²) in [6.07, 6.45) is 5.53. The fourth-order valence-corrected chi connectivity index (χ4v) is 5.77. The van der Waals surface area contributed by atoms with Gasteiger partial charge in [-0.1, -0.05) is 19.9 Å². The number of carbonyl (C=O) groups excluding carboxylic acids is 2. The molecule has 0 saturated heterocycles. The van der Waals surface area contributed by atoms with Crippen molar-refractivity contribution in [3.63, 3.8) is 0 Å². The quantitative estimate of drug-likeness (QED) is 0.241. The minimum absolute atomic E-state index is 0.117. The van der Waals surface area contributed by atoms with Crippen molar-refractivity contribution in [3.05, 3.63) is 53.6 Å². The number of benzene rings is 1. The number of anilines is 1. The van der Waals surface area contributed by atoms with Crippen LogP contribution in [0.5, 0.6) is 0 Å². The van der Waals surface area contributed by atoms with Crippen molar-refractivity contribution in [2.24, 2.45) is 5.73 Å². The minimum Gasteiger partial charge on any atom is -0.382 e. The number of H-pyrrole nitrogens is 1. The van der Waals surface area contributed by atoms with Gasteiger partial charge in [0.1, 0.15) is 22.9 Å². The molecule has 0 fully saturated rings. The number of nitrogen functional groups attached to an aromatic ring is 1. The first kappa shape index (κ1) is 28.6. The standard InChI is InChI=1S/C25H30FN9O4S/c1-4-10-34(25(37)23-29-13-30-33-23)15(5-2)7-9-19-20(40(3,38)39)21(27)35-24(32-19)17(12-31-35)14-6-8-16(22(28)36)18(26)11-14/h6,8,11-13,15H,4-5,7,9-10,27H2,1-3H3,(H2,28,36)(H,29,30,33)/t15-/m1/s1. The predicted molar refractivity (Wildman–Crippen MR) is 145 cm³/mol. The summed E-state index contributed by atoms with van der Waals surface area (Å²) < 4.78 is 41.3. The summed E-state index contributed by atoms with van der Waals surface area (Å²) in [5, 5.41) is 10.5. The van der Waals surface area contributed by atoms with Crippen LogP contribution < -0.4 is 11.5 Å². The highest BCUT2D eigenvalue weighted by Gasteiger charge is 2.28. The van der Waals surface area contributed by atoms with Gasteiger partial charge in [-0.15, -0.1) is 0 Å². The highest BCUT2D eigenvalue weighted by Crippen LogP contribution is 2.31. The van der Waals surface area contributed by atoms with Gasteiger partial charge in [0.25, 0.3) is 11.8 Å². The lowest BCUT2D eigenvalue weighted by molar-refractivity contribution is 0.0650. The van der Waals surface area contributed by atoms with E-state index in [0.717, 1.165) is 12.3 Å². The number of nitrogens with zero attached hydrogens (tertiary/aromatic N) is 6. The third-order valence-electron chi connectivity index (χ3n) is 6.59. The van der Waals surface area contributed by atoms with Crippen molar-refractivity contribution in [1.29, 1.82) is 0 Å². The van der Waals surface area contributed by atoms with E-state index in [2.05, 4.69) is 25.3 Å². The molecule has 0 spiro atoms. The summed E-state index contributed by atoms with van der Waals surface area (Å²) in [4.78, 5) is 34.7. The molecule has 13 nitrogen and oxygen atoms in total. The van der Waals surface area contributed by atoms with E-state index in [9.17, 15) is 22.4 Å². The van der Waals surface area contributed by atoms with E-state index in [0.29, 0.717) is 36.9 Å². The molecule has 2 amide bonds. The number of aromatic amines is 1. The van der Waals surface area contributed by atoms with E-state index in [1.807, 2.05) is 13.8 Å². The molecule has 0 bridgehead atoms. The van der Waals surface area contributed by atoms with Crippen molar-refractivity contribution in [2.45, 2.75) is 50.5 Å². The molecule has 0 unspecified atom stereocenters. The Balaban J connectivity index is 1.76. The van der Waals surface area contributed by atoms with Gasteiger partial charge in [-0.2, -0.15) is 14.7 Å². The maximum atomic E-state index is 14.5. The Bertz CT molecular complexity index is 1670. The molecule has 3 heterocycles. The van der Waals surface area contributed by atoms with Crippen LogP contribution in [0, 0.1) is 5.82 Å². The van der Waals surface area contributed by atoms with E-state index < -0.39 is 21.6 Å². The second kappa shape index (κ2) is 11.4. The monoisotopic (exact) mass is 571 g/mol. The Kier molecular flexibility index (Phi) is 8.13. The van der Waals surface area contributed by atoms with Crippen molar-refractivity contribution in [1.82, 2.24) is 34.7 Å². The Morgan fingerprint density at radius 3 is 2.58 bits per heavy atom. The molecule has 0 radical (unpaired) electrons. The number of carbonyl (C=O) groups is 2. The zero-order valence-corrected chi connectivity index (χ0v) is 23.1. The smallest absolute Gasteiger partial charge is 0.291 e. The normalized spacial score (nSPS) is 12.5. The minimum atomic E-state index is -3.83. The van der Waals surface area contributed by atoms with Crippen LogP contribution in [0.4, 0.5) is 10.2 Å². The van der Waals surface area contributed by atoms with E-state index in [1.54, 1.807) is 4.90 Å². The van der Waals surface area contributed by atoms with Gasteiger partial charge in [0, 0.05) is 24.4 Å². The predicted octanol–water partition coefficient (Wildman–Crippen LogP) is 2.00. The molecule has 4 rings (SSSR count). The Labute approximate surface area is 229 Å². The van der Waals surface area contributed by atoms with Crippen molar-refractivity contribution < 1.29 is 22.4 Å². The number of aromatic nitrogens is 6. The summed E-state index contributed by atoms with van der Waals surface area (Å²) in [7, 11) is -3.83. The van der Waals surface area contributed by atoms with Gasteiger partial charge in [-0.3, -0.25) is 14.7 Å². The second-order valence-electron chi connectivity index (χ2n) is 9.33. The highest BCUT2D eigenvalue weighted by molar-refractivity contribution is 7.91. The SMILES string of the molecule is CCCN(C(=O)c1ncn[nH]1)[C@H](CC)CCc1nc2c(-c3ccc(C(N)=O)c(F)c3)cnn2c(N)c1S(C)(=O)=O. The zero-order valence-electron chi connectivity index (χ0n) is 22.3. The maximum absolute atomic E-state index is 14.5. The van der Waals surface area contributed by atoms with Crippen LogP contribution in [-0.2, 0) is 16.3 Å². The maximum Gasteiger partial charge on any atom is 0.291 e. The summed E-state index contributed by atoms with van der Waals surface area (Å²) >= 11 is 0.